The summed E-state index contributed by atoms with van der Waals surface area (Å²) < 4.78 is 22.2. The molecule has 0 aromatic heterocycles. The molecule has 0 N–H and O–H groups in total. The van der Waals surface area contributed by atoms with Crippen molar-refractivity contribution in [2.75, 3.05) is 34.0 Å². The lowest BCUT2D eigenvalue weighted by atomic mass is 9.81. The average Bonchev–Trinajstić information content (AvgIpc) is 2.30. The van der Waals surface area contributed by atoms with E-state index in [0.717, 1.165) is 6.61 Å². The van der Waals surface area contributed by atoms with E-state index in [1.165, 1.54) is 0 Å². The summed E-state index contributed by atoms with van der Waals surface area (Å²) in [6, 6.07) is 0.192. The highest BCUT2D eigenvalue weighted by Gasteiger charge is 2.56. The Kier molecular flexibility index (Phi) is 2.84. The van der Waals surface area contributed by atoms with Crippen molar-refractivity contribution in [2.45, 2.75) is 17.7 Å². The molecule has 0 saturated carbocycles. The third-order valence-corrected chi connectivity index (χ3v) is 3.23. The molecule has 4 nitrogen and oxygen atoms in total. The first-order valence-electron chi connectivity index (χ1n) is 5.01. The highest BCUT2D eigenvalue weighted by molar-refractivity contribution is 6.11. The molecule has 2 fully saturated rings. The van der Waals surface area contributed by atoms with Gasteiger partial charge in [-0.3, -0.25) is 0 Å². The van der Waals surface area contributed by atoms with Crippen molar-refractivity contribution in [3.63, 3.8) is 0 Å². The van der Waals surface area contributed by atoms with E-state index in [1.54, 1.807) is 14.2 Å². The Bertz CT molecular complexity index is 209. The van der Waals surface area contributed by atoms with Crippen LogP contribution in [0.1, 0.15) is 0 Å². The van der Waals surface area contributed by atoms with Crippen LogP contribution in [0.4, 0.5) is 0 Å². The zero-order chi connectivity index (χ0) is 10.2. The Morgan fingerprint density at radius 1 is 1.50 bits per heavy atom. The topological polar surface area (TPSA) is 36.9 Å². The Labute approximate surface area is 85.3 Å². The van der Waals surface area contributed by atoms with Crippen molar-refractivity contribution in [3.05, 3.63) is 0 Å². The maximum Gasteiger partial charge on any atom is 0.140 e. The summed E-state index contributed by atoms with van der Waals surface area (Å²) in [5.74, 6) is 0.337. The minimum atomic E-state index is -0.383. The first-order chi connectivity index (χ1) is 6.73. The molecule has 80 valence electrons. The molecular formula is C9H17BO4. The lowest BCUT2D eigenvalue weighted by molar-refractivity contribution is -0.168. The van der Waals surface area contributed by atoms with Crippen LogP contribution in [-0.2, 0) is 18.9 Å². The standard InChI is InChI=1S/C9H17BO4/c1-11-4-9-5-13-3-6(7(9)12-2)8(10)14-9/h6-8H,3-5,10H2,1-2H3. The van der Waals surface area contributed by atoms with E-state index in [2.05, 4.69) is 7.85 Å². The molecule has 14 heavy (non-hydrogen) atoms. The van der Waals surface area contributed by atoms with E-state index >= 15 is 0 Å². The van der Waals surface area contributed by atoms with Crippen LogP contribution in [-0.4, -0.2) is 59.6 Å². The van der Waals surface area contributed by atoms with Gasteiger partial charge in [0.1, 0.15) is 13.4 Å². The molecule has 2 aliphatic rings. The van der Waals surface area contributed by atoms with Gasteiger partial charge >= 0.3 is 0 Å². The van der Waals surface area contributed by atoms with Crippen molar-refractivity contribution in [2.24, 2.45) is 5.92 Å². The van der Waals surface area contributed by atoms with Crippen LogP contribution in [0, 0.1) is 5.92 Å². The van der Waals surface area contributed by atoms with Crippen molar-refractivity contribution in [1.82, 2.24) is 0 Å². The first kappa shape index (κ1) is 10.4. The van der Waals surface area contributed by atoms with Gasteiger partial charge in [0.2, 0.25) is 0 Å². The largest absolute Gasteiger partial charge is 0.381 e. The highest BCUT2D eigenvalue weighted by atomic mass is 16.6. The fraction of sp³-hybridized carbons (Fsp3) is 1.00. The molecule has 0 amide bonds. The van der Waals surface area contributed by atoms with Crippen LogP contribution in [0.5, 0.6) is 0 Å². The molecule has 2 saturated heterocycles. The Hall–Kier alpha value is -0.0951. The summed E-state index contributed by atoms with van der Waals surface area (Å²) in [6.45, 7) is 1.83. The van der Waals surface area contributed by atoms with Gasteiger partial charge in [0.05, 0.1) is 25.9 Å². The van der Waals surface area contributed by atoms with Crippen LogP contribution in [0.25, 0.3) is 0 Å². The second-order valence-corrected chi connectivity index (χ2v) is 4.16. The van der Waals surface area contributed by atoms with Gasteiger partial charge in [0.25, 0.3) is 0 Å². The van der Waals surface area contributed by atoms with E-state index in [4.69, 9.17) is 18.9 Å². The van der Waals surface area contributed by atoms with Crippen molar-refractivity contribution in [3.8, 4) is 0 Å². The zero-order valence-electron chi connectivity index (χ0n) is 8.99. The first-order valence-corrected chi connectivity index (χ1v) is 5.01. The maximum atomic E-state index is 5.94. The maximum absolute atomic E-state index is 5.94. The van der Waals surface area contributed by atoms with Crippen molar-refractivity contribution in [1.29, 1.82) is 0 Å². The van der Waals surface area contributed by atoms with Crippen LogP contribution in [0.15, 0.2) is 0 Å². The van der Waals surface area contributed by atoms with Gasteiger partial charge in [0, 0.05) is 26.1 Å². The van der Waals surface area contributed by atoms with E-state index in [-0.39, 0.29) is 17.7 Å². The molecule has 0 radical (unpaired) electrons. The van der Waals surface area contributed by atoms with E-state index in [9.17, 15) is 0 Å². The molecule has 0 spiro atoms. The Balaban J connectivity index is 2.20. The molecule has 2 heterocycles. The SMILES string of the molecule is BC1OC2(COC)COCC1C2OC. The molecular weight excluding hydrogens is 183 g/mol. The van der Waals surface area contributed by atoms with E-state index in [0.29, 0.717) is 19.1 Å². The predicted molar refractivity (Wildman–Crippen MR) is 53.1 cm³/mol. The van der Waals surface area contributed by atoms with Crippen molar-refractivity contribution < 1.29 is 18.9 Å². The highest BCUT2D eigenvalue weighted by Crippen LogP contribution is 2.40. The number of fused-ring (bicyclic) bond motifs is 2. The average molecular weight is 200 g/mol. The molecule has 0 aromatic carbocycles. The van der Waals surface area contributed by atoms with Gasteiger partial charge in [-0.25, -0.2) is 0 Å². The third-order valence-electron chi connectivity index (χ3n) is 3.23. The predicted octanol–water partition coefficient (Wildman–Crippen LogP) is -0.978. The second-order valence-electron chi connectivity index (χ2n) is 4.16. The zero-order valence-corrected chi connectivity index (χ0v) is 8.99. The number of hydrogen-bond donors (Lipinski definition) is 0. The normalized spacial score (nSPS) is 46.9. The molecule has 2 bridgehead atoms. The molecule has 2 aliphatic heterocycles. The van der Waals surface area contributed by atoms with Crippen LogP contribution in [0.2, 0.25) is 0 Å². The monoisotopic (exact) mass is 200 g/mol. The number of rotatable bonds is 3. The fourth-order valence-corrected chi connectivity index (χ4v) is 2.66. The third kappa shape index (κ3) is 1.39. The van der Waals surface area contributed by atoms with Gasteiger partial charge < -0.3 is 18.9 Å². The smallest absolute Gasteiger partial charge is 0.140 e. The summed E-state index contributed by atoms with van der Waals surface area (Å²) in [6.07, 6.45) is 0.103. The van der Waals surface area contributed by atoms with Crippen LogP contribution >= 0.6 is 0 Å². The fourth-order valence-electron chi connectivity index (χ4n) is 2.66. The summed E-state index contributed by atoms with van der Waals surface area (Å²) in [5, 5.41) is 0. The molecule has 0 aromatic rings. The van der Waals surface area contributed by atoms with E-state index in [1.807, 2.05) is 0 Å². The molecule has 4 atom stereocenters. The molecule has 5 heteroatoms. The van der Waals surface area contributed by atoms with Crippen LogP contribution < -0.4 is 0 Å². The number of hydrogen-bond acceptors (Lipinski definition) is 4. The Morgan fingerprint density at radius 2 is 2.29 bits per heavy atom. The number of ether oxygens (including phenoxy) is 4. The minimum Gasteiger partial charge on any atom is -0.381 e. The van der Waals surface area contributed by atoms with E-state index < -0.39 is 0 Å². The Morgan fingerprint density at radius 3 is 2.93 bits per heavy atom. The van der Waals surface area contributed by atoms with Gasteiger partial charge in [-0.2, -0.15) is 0 Å². The summed E-state index contributed by atoms with van der Waals surface area (Å²) in [4.78, 5) is 0. The van der Waals surface area contributed by atoms with Gasteiger partial charge in [-0.05, 0) is 0 Å². The summed E-state index contributed by atoms with van der Waals surface area (Å²) in [5.41, 5.74) is -0.383. The molecule has 2 rings (SSSR count). The summed E-state index contributed by atoms with van der Waals surface area (Å²) >= 11 is 0. The molecule has 4 unspecified atom stereocenters. The van der Waals surface area contributed by atoms with Gasteiger partial charge in [-0.1, -0.05) is 0 Å². The van der Waals surface area contributed by atoms with Gasteiger partial charge in [0.15, 0.2) is 0 Å². The van der Waals surface area contributed by atoms with Crippen LogP contribution in [0.3, 0.4) is 0 Å². The quantitative estimate of drug-likeness (QED) is 0.549. The lowest BCUT2D eigenvalue weighted by Gasteiger charge is -2.37. The second kappa shape index (κ2) is 3.81. The minimum absolute atomic E-state index is 0.103. The number of methoxy groups -OCH3 is 2. The lowest BCUT2D eigenvalue weighted by Crippen LogP contribution is -2.54. The van der Waals surface area contributed by atoms with Gasteiger partial charge in [-0.15, -0.1) is 0 Å². The van der Waals surface area contributed by atoms with Crippen molar-refractivity contribution >= 4 is 7.85 Å². The molecule has 0 aliphatic carbocycles. The summed E-state index contributed by atoms with van der Waals surface area (Å²) in [7, 11) is 5.48.